The van der Waals surface area contributed by atoms with Crippen LogP contribution in [-0.4, -0.2) is 20.0 Å². The third-order valence-corrected chi connectivity index (χ3v) is 5.73. The smallest absolute Gasteiger partial charge is 0.263 e. The van der Waals surface area contributed by atoms with Crippen LogP contribution >= 0.6 is 11.8 Å². The molecule has 1 N–H and O–H groups in total. The number of nitrogens with one attached hydrogen (secondary N) is 1. The van der Waals surface area contributed by atoms with Gasteiger partial charge in [-0.15, -0.1) is 0 Å². The van der Waals surface area contributed by atoms with Gasteiger partial charge in [0.05, 0.1) is 12.2 Å². The van der Waals surface area contributed by atoms with E-state index in [1.165, 1.54) is 11.8 Å². The second kappa shape index (κ2) is 8.84. The topological polar surface area (TPSA) is 68.9 Å². The summed E-state index contributed by atoms with van der Waals surface area (Å²) in [6.07, 6.45) is 5.28. The molecule has 0 aliphatic rings. The van der Waals surface area contributed by atoms with Crippen molar-refractivity contribution in [3.05, 3.63) is 107 Å². The summed E-state index contributed by atoms with van der Waals surface area (Å²) in [5.41, 5.74) is 1.40. The molecular formula is C23H20N4O2S. The number of aryl methyl sites for hydroxylation is 1. The van der Waals surface area contributed by atoms with E-state index in [4.69, 9.17) is 0 Å². The standard InChI is InChI=1S/C23H20N4O2S/c1-26-15-13-24-23(26)30-20-12-6-5-11-19(20)25-21(28)18-10-7-14-27(22(18)29)16-17-8-3-2-4-9-17/h2-15H,16H2,1H3,(H,25,28). The first-order valence-corrected chi connectivity index (χ1v) is 10.2. The van der Waals surface area contributed by atoms with Crippen LogP contribution in [0.4, 0.5) is 5.69 Å². The summed E-state index contributed by atoms with van der Waals surface area (Å²) in [5, 5.41) is 3.69. The number of benzene rings is 2. The zero-order chi connectivity index (χ0) is 20.9. The van der Waals surface area contributed by atoms with Crippen molar-refractivity contribution in [2.75, 3.05) is 5.32 Å². The van der Waals surface area contributed by atoms with Crippen molar-refractivity contribution in [3.63, 3.8) is 0 Å². The largest absolute Gasteiger partial charge is 0.329 e. The molecule has 0 bridgehead atoms. The molecular weight excluding hydrogens is 396 g/mol. The second-order valence-electron chi connectivity index (χ2n) is 6.71. The summed E-state index contributed by atoms with van der Waals surface area (Å²) in [5.74, 6) is -0.435. The van der Waals surface area contributed by atoms with Gasteiger partial charge in [-0.3, -0.25) is 9.59 Å². The van der Waals surface area contributed by atoms with E-state index in [0.29, 0.717) is 12.2 Å². The number of aromatic nitrogens is 3. The Morgan fingerprint density at radius 3 is 2.53 bits per heavy atom. The zero-order valence-electron chi connectivity index (χ0n) is 16.4. The Kier molecular flexibility index (Phi) is 5.81. The maximum atomic E-state index is 12.9. The molecule has 0 spiro atoms. The van der Waals surface area contributed by atoms with Crippen LogP contribution < -0.4 is 10.9 Å². The number of rotatable bonds is 6. The minimum absolute atomic E-state index is 0.102. The second-order valence-corrected chi connectivity index (χ2v) is 7.72. The lowest BCUT2D eigenvalue weighted by atomic mass is 10.2. The number of pyridine rings is 1. The third kappa shape index (κ3) is 4.36. The van der Waals surface area contributed by atoms with E-state index < -0.39 is 5.91 Å². The van der Waals surface area contributed by atoms with Crippen molar-refractivity contribution in [2.24, 2.45) is 7.05 Å². The molecule has 0 aliphatic heterocycles. The highest BCUT2D eigenvalue weighted by atomic mass is 32.2. The molecule has 2 aromatic carbocycles. The number of carbonyl (C=O) groups excluding carboxylic acids is 1. The van der Waals surface area contributed by atoms with Gasteiger partial charge in [-0.1, -0.05) is 42.5 Å². The van der Waals surface area contributed by atoms with E-state index in [0.717, 1.165) is 15.6 Å². The zero-order valence-corrected chi connectivity index (χ0v) is 17.2. The molecule has 2 heterocycles. The molecule has 0 atom stereocenters. The molecule has 0 fully saturated rings. The monoisotopic (exact) mass is 416 g/mol. The Bertz CT molecular complexity index is 1230. The highest BCUT2D eigenvalue weighted by Crippen LogP contribution is 2.32. The summed E-state index contributed by atoms with van der Waals surface area (Å²) >= 11 is 1.45. The van der Waals surface area contributed by atoms with Gasteiger partial charge < -0.3 is 14.5 Å². The Morgan fingerprint density at radius 2 is 1.77 bits per heavy atom. The van der Waals surface area contributed by atoms with Crippen LogP contribution in [0.1, 0.15) is 15.9 Å². The Hall–Kier alpha value is -3.58. The van der Waals surface area contributed by atoms with Crippen LogP contribution in [-0.2, 0) is 13.6 Å². The lowest BCUT2D eigenvalue weighted by molar-refractivity contribution is 0.102. The van der Waals surface area contributed by atoms with Gasteiger partial charge in [0, 0.05) is 30.5 Å². The summed E-state index contributed by atoms with van der Waals surface area (Å²) in [6, 6.07) is 20.4. The van der Waals surface area contributed by atoms with Gasteiger partial charge in [0.1, 0.15) is 5.56 Å². The Morgan fingerprint density at radius 1 is 1.00 bits per heavy atom. The van der Waals surface area contributed by atoms with Crippen molar-refractivity contribution in [2.45, 2.75) is 16.6 Å². The van der Waals surface area contributed by atoms with Gasteiger partial charge in [0.15, 0.2) is 5.16 Å². The van der Waals surface area contributed by atoms with Crippen LogP contribution in [0.25, 0.3) is 0 Å². The highest BCUT2D eigenvalue weighted by Gasteiger charge is 2.15. The quantitative estimate of drug-likeness (QED) is 0.515. The molecule has 0 aliphatic carbocycles. The average molecular weight is 417 g/mol. The molecule has 0 unspecified atom stereocenters. The number of para-hydroxylation sites is 1. The molecule has 4 aromatic rings. The molecule has 4 rings (SSSR count). The predicted octanol–water partition coefficient (Wildman–Crippen LogP) is 4.03. The number of anilines is 1. The lowest BCUT2D eigenvalue weighted by Crippen LogP contribution is -2.29. The van der Waals surface area contributed by atoms with E-state index in [2.05, 4.69) is 10.3 Å². The Labute approximate surface area is 178 Å². The van der Waals surface area contributed by atoms with E-state index in [-0.39, 0.29) is 11.1 Å². The van der Waals surface area contributed by atoms with E-state index in [9.17, 15) is 9.59 Å². The molecule has 6 nitrogen and oxygen atoms in total. The fourth-order valence-electron chi connectivity index (χ4n) is 3.01. The van der Waals surface area contributed by atoms with Crippen molar-refractivity contribution < 1.29 is 4.79 Å². The SMILES string of the molecule is Cn1ccnc1Sc1ccccc1NC(=O)c1cccn(Cc2ccccc2)c1=O. The minimum Gasteiger partial charge on any atom is -0.329 e. The van der Waals surface area contributed by atoms with Crippen LogP contribution in [0.15, 0.2) is 100 Å². The maximum absolute atomic E-state index is 12.9. The number of amides is 1. The van der Waals surface area contributed by atoms with Crippen molar-refractivity contribution >= 4 is 23.4 Å². The van der Waals surface area contributed by atoms with Crippen LogP contribution in [0.2, 0.25) is 0 Å². The third-order valence-electron chi connectivity index (χ3n) is 4.57. The average Bonchev–Trinajstić information content (AvgIpc) is 3.16. The molecule has 0 saturated heterocycles. The Balaban J connectivity index is 1.57. The molecule has 0 saturated carbocycles. The molecule has 2 aromatic heterocycles. The van der Waals surface area contributed by atoms with E-state index in [1.807, 2.05) is 72.4 Å². The first-order valence-electron chi connectivity index (χ1n) is 9.41. The highest BCUT2D eigenvalue weighted by molar-refractivity contribution is 7.99. The van der Waals surface area contributed by atoms with Crippen LogP contribution in [0.5, 0.6) is 0 Å². The molecule has 150 valence electrons. The van der Waals surface area contributed by atoms with Crippen molar-refractivity contribution in [3.8, 4) is 0 Å². The first-order chi connectivity index (χ1) is 14.6. The first kappa shape index (κ1) is 19.7. The number of hydrogen-bond acceptors (Lipinski definition) is 4. The number of imidazole rings is 1. The fourth-order valence-corrected chi connectivity index (χ4v) is 3.90. The molecule has 30 heavy (non-hydrogen) atoms. The van der Waals surface area contributed by atoms with Crippen molar-refractivity contribution in [1.29, 1.82) is 0 Å². The molecule has 7 heteroatoms. The van der Waals surface area contributed by atoms with Gasteiger partial charge in [0.2, 0.25) is 0 Å². The summed E-state index contributed by atoms with van der Waals surface area (Å²) in [4.78, 5) is 30.9. The van der Waals surface area contributed by atoms with E-state index in [1.54, 1.807) is 29.1 Å². The summed E-state index contributed by atoms with van der Waals surface area (Å²) in [7, 11) is 1.91. The lowest BCUT2D eigenvalue weighted by Gasteiger charge is -2.12. The summed E-state index contributed by atoms with van der Waals surface area (Å²) < 4.78 is 3.45. The number of carbonyl (C=O) groups is 1. The normalized spacial score (nSPS) is 10.7. The van der Waals surface area contributed by atoms with Crippen LogP contribution in [0.3, 0.4) is 0 Å². The van der Waals surface area contributed by atoms with Gasteiger partial charge >= 0.3 is 0 Å². The van der Waals surface area contributed by atoms with Gasteiger partial charge in [-0.05, 0) is 41.6 Å². The van der Waals surface area contributed by atoms with Gasteiger partial charge in [0.25, 0.3) is 11.5 Å². The predicted molar refractivity (Wildman–Crippen MR) is 118 cm³/mol. The van der Waals surface area contributed by atoms with Gasteiger partial charge in [-0.25, -0.2) is 4.98 Å². The maximum Gasteiger partial charge on any atom is 0.263 e. The van der Waals surface area contributed by atoms with Crippen molar-refractivity contribution in [1.82, 2.24) is 14.1 Å². The van der Waals surface area contributed by atoms with Gasteiger partial charge in [-0.2, -0.15) is 0 Å². The number of nitrogens with zero attached hydrogens (tertiary/aromatic N) is 3. The fraction of sp³-hybridized carbons (Fsp3) is 0.0870. The van der Waals surface area contributed by atoms with Crippen LogP contribution in [0, 0.1) is 0 Å². The molecule has 0 radical (unpaired) electrons. The minimum atomic E-state index is -0.435. The summed E-state index contributed by atoms with van der Waals surface area (Å²) in [6.45, 7) is 0.409. The molecule has 1 amide bonds. The number of hydrogen-bond donors (Lipinski definition) is 1. The van der Waals surface area contributed by atoms with E-state index >= 15 is 0 Å².